The Morgan fingerprint density at radius 2 is 1.21 bits per heavy atom. The average Bonchev–Trinajstić information content (AvgIpc) is 2.90. The van der Waals surface area contributed by atoms with E-state index in [1.54, 1.807) is 24.3 Å². The molecule has 0 bridgehead atoms. The molecule has 0 aliphatic carbocycles. The fraction of sp³-hybridized carbons (Fsp3) is 0.179. The van der Waals surface area contributed by atoms with E-state index < -0.39 is 6.03 Å². The minimum Gasteiger partial charge on any atom is -0.493 e. The topological polar surface area (TPSA) is 119 Å². The summed E-state index contributed by atoms with van der Waals surface area (Å²) in [6, 6.07) is 20.0. The molecular formula is C28H30N6O4. The maximum Gasteiger partial charge on any atom is 0.323 e. The first-order valence-corrected chi connectivity index (χ1v) is 11.8. The Bertz CT molecular complexity index is 1380. The van der Waals surface area contributed by atoms with Crippen LogP contribution in [0, 0.1) is 13.8 Å². The summed E-state index contributed by atoms with van der Waals surface area (Å²) < 4.78 is 16.0. The van der Waals surface area contributed by atoms with Crippen molar-refractivity contribution in [2.75, 3.05) is 42.6 Å². The summed E-state index contributed by atoms with van der Waals surface area (Å²) in [7, 11) is 4.55. The number of urea groups is 1. The van der Waals surface area contributed by atoms with Crippen LogP contribution in [0.15, 0.2) is 66.7 Å². The minimum absolute atomic E-state index is 0.422. The molecule has 0 atom stereocenters. The predicted octanol–water partition coefficient (Wildman–Crippen LogP) is 6.25. The number of rotatable bonds is 9. The fourth-order valence-corrected chi connectivity index (χ4v) is 3.69. The van der Waals surface area contributed by atoms with Gasteiger partial charge < -0.3 is 35.5 Å². The Morgan fingerprint density at radius 3 is 1.82 bits per heavy atom. The monoisotopic (exact) mass is 514 g/mol. The van der Waals surface area contributed by atoms with Gasteiger partial charge in [-0.05, 0) is 50.2 Å². The Morgan fingerprint density at radius 1 is 0.658 bits per heavy atom. The molecule has 0 radical (unpaired) electrons. The van der Waals surface area contributed by atoms with Gasteiger partial charge in [0.1, 0.15) is 5.82 Å². The number of benzene rings is 3. The van der Waals surface area contributed by atoms with Crippen LogP contribution in [0.3, 0.4) is 0 Å². The molecule has 4 aromatic rings. The third-order valence-electron chi connectivity index (χ3n) is 5.50. The zero-order valence-electron chi connectivity index (χ0n) is 21.9. The van der Waals surface area contributed by atoms with Crippen LogP contribution < -0.4 is 35.5 Å². The number of anilines is 6. The summed E-state index contributed by atoms with van der Waals surface area (Å²) in [5.74, 6) is 2.46. The quantitative estimate of drug-likeness (QED) is 0.207. The molecule has 0 aliphatic heterocycles. The number of hydrogen-bond acceptors (Lipinski definition) is 8. The van der Waals surface area contributed by atoms with Crippen LogP contribution in [0.1, 0.15) is 11.3 Å². The van der Waals surface area contributed by atoms with Crippen molar-refractivity contribution >= 4 is 40.5 Å². The van der Waals surface area contributed by atoms with Crippen molar-refractivity contribution in [3.63, 3.8) is 0 Å². The number of ether oxygens (including phenoxy) is 3. The average molecular weight is 515 g/mol. The summed E-state index contributed by atoms with van der Waals surface area (Å²) in [4.78, 5) is 21.6. The summed E-state index contributed by atoms with van der Waals surface area (Å²) in [6.07, 6.45) is 0. The third-order valence-corrected chi connectivity index (χ3v) is 5.50. The normalized spacial score (nSPS) is 10.3. The smallest absolute Gasteiger partial charge is 0.323 e. The van der Waals surface area contributed by atoms with Crippen LogP contribution >= 0.6 is 0 Å². The van der Waals surface area contributed by atoms with Gasteiger partial charge in [0, 0.05) is 41.0 Å². The van der Waals surface area contributed by atoms with E-state index in [-0.39, 0.29) is 0 Å². The van der Waals surface area contributed by atoms with E-state index in [9.17, 15) is 4.79 Å². The number of aryl methyl sites for hydroxylation is 2. The number of carbonyl (C=O) groups is 1. The maximum atomic E-state index is 12.6. The van der Waals surface area contributed by atoms with E-state index in [0.717, 1.165) is 17.1 Å². The molecule has 10 heteroatoms. The van der Waals surface area contributed by atoms with Crippen molar-refractivity contribution < 1.29 is 19.0 Å². The van der Waals surface area contributed by atoms with E-state index in [0.29, 0.717) is 40.4 Å². The van der Waals surface area contributed by atoms with Crippen molar-refractivity contribution in [3.8, 4) is 17.2 Å². The van der Waals surface area contributed by atoms with Gasteiger partial charge in [-0.1, -0.05) is 17.7 Å². The number of methoxy groups -OCH3 is 3. The van der Waals surface area contributed by atoms with Crippen LogP contribution in [0.5, 0.6) is 17.2 Å². The van der Waals surface area contributed by atoms with E-state index in [4.69, 9.17) is 14.2 Å². The Kier molecular flexibility index (Phi) is 8.12. The molecule has 0 spiro atoms. The van der Waals surface area contributed by atoms with Crippen molar-refractivity contribution in [2.24, 2.45) is 0 Å². The Balaban J connectivity index is 1.39. The van der Waals surface area contributed by atoms with Gasteiger partial charge in [0.2, 0.25) is 11.7 Å². The lowest BCUT2D eigenvalue weighted by molar-refractivity contribution is 0.262. The Hall–Kier alpha value is -4.99. The maximum absolute atomic E-state index is 12.6. The van der Waals surface area contributed by atoms with Gasteiger partial charge in [-0.25, -0.2) is 9.78 Å². The molecule has 38 heavy (non-hydrogen) atoms. The first-order valence-electron chi connectivity index (χ1n) is 11.8. The largest absolute Gasteiger partial charge is 0.493 e. The van der Waals surface area contributed by atoms with Gasteiger partial charge in [-0.15, -0.1) is 0 Å². The highest BCUT2D eigenvalue weighted by Gasteiger charge is 2.14. The molecule has 2 amide bonds. The van der Waals surface area contributed by atoms with Crippen LogP contribution in [0.25, 0.3) is 0 Å². The standard InChI is InChI=1S/C28H30N6O4/c1-17-6-8-19(9-7-17)30-25-14-18(2)29-27(34-25)31-20-10-12-21(13-11-20)32-28(35)33-22-15-23(36-3)26(38-5)24(16-22)37-4/h6-16H,1-5H3,(H2,32,33,35)(H2,29,30,31,34). The molecule has 10 nitrogen and oxygen atoms in total. The summed E-state index contributed by atoms with van der Waals surface area (Å²) in [5.41, 5.74) is 4.81. The highest BCUT2D eigenvalue weighted by atomic mass is 16.5. The van der Waals surface area contributed by atoms with Gasteiger partial charge in [0.25, 0.3) is 0 Å². The SMILES string of the molecule is COc1cc(NC(=O)Nc2ccc(Nc3nc(C)cc(Nc4ccc(C)cc4)n3)cc2)cc(OC)c1OC. The van der Waals surface area contributed by atoms with E-state index >= 15 is 0 Å². The second kappa shape index (κ2) is 11.8. The van der Waals surface area contributed by atoms with Crippen molar-refractivity contribution in [3.05, 3.63) is 78.0 Å². The summed E-state index contributed by atoms with van der Waals surface area (Å²) >= 11 is 0. The van der Waals surface area contributed by atoms with Crippen molar-refractivity contribution in [1.29, 1.82) is 0 Å². The second-order valence-electron chi connectivity index (χ2n) is 8.40. The van der Waals surface area contributed by atoms with Gasteiger partial charge in [0.05, 0.1) is 27.0 Å². The first kappa shape index (κ1) is 26.1. The van der Waals surface area contributed by atoms with Crippen LogP contribution in [0.4, 0.5) is 39.3 Å². The lowest BCUT2D eigenvalue weighted by Crippen LogP contribution is -2.19. The van der Waals surface area contributed by atoms with Crippen LogP contribution in [-0.4, -0.2) is 37.3 Å². The molecule has 4 rings (SSSR count). The highest BCUT2D eigenvalue weighted by molar-refractivity contribution is 6.00. The molecule has 3 aromatic carbocycles. The zero-order chi connectivity index (χ0) is 27.1. The molecule has 1 heterocycles. The van der Waals surface area contributed by atoms with Gasteiger partial charge in [-0.3, -0.25) is 0 Å². The van der Waals surface area contributed by atoms with E-state index in [1.807, 2.05) is 56.3 Å². The minimum atomic E-state index is -0.422. The summed E-state index contributed by atoms with van der Waals surface area (Å²) in [5, 5.41) is 12.1. The number of amides is 2. The number of aromatic nitrogens is 2. The highest BCUT2D eigenvalue weighted by Crippen LogP contribution is 2.40. The predicted molar refractivity (Wildman–Crippen MR) is 150 cm³/mol. The molecular weight excluding hydrogens is 484 g/mol. The van der Waals surface area contributed by atoms with Gasteiger partial charge >= 0.3 is 6.03 Å². The third kappa shape index (κ3) is 6.61. The molecule has 0 saturated heterocycles. The van der Waals surface area contributed by atoms with E-state index in [1.165, 1.54) is 26.9 Å². The number of carbonyl (C=O) groups excluding carboxylic acids is 1. The number of hydrogen-bond donors (Lipinski definition) is 4. The molecule has 0 unspecified atom stereocenters. The van der Waals surface area contributed by atoms with Crippen molar-refractivity contribution in [2.45, 2.75) is 13.8 Å². The van der Waals surface area contributed by atoms with Crippen LogP contribution in [-0.2, 0) is 0 Å². The number of nitrogens with one attached hydrogen (secondary N) is 4. The molecule has 0 fully saturated rings. The zero-order valence-corrected chi connectivity index (χ0v) is 21.9. The Labute approximate surface area is 221 Å². The van der Waals surface area contributed by atoms with Crippen LogP contribution in [0.2, 0.25) is 0 Å². The van der Waals surface area contributed by atoms with E-state index in [2.05, 4.69) is 31.2 Å². The lowest BCUT2D eigenvalue weighted by Gasteiger charge is -2.15. The van der Waals surface area contributed by atoms with Crippen molar-refractivity contribution in [1.82, 2.24) is 9.97 Å². The lowest BCUT2D eigenvalue weighted by atomic mass is 10.2. The molecule has 0 saturated carbocycles. The fourth-order valence-electron chi connectivity index (χ4n) is 3.69. The number of nitrogens with zero attached hydrogens (tertiary/aromatic N) is 2. The molecule has 4 N–H and O–H groups in total. The summed E-state index contributed by atoms with van der Waals surface area (Å²) in [6.45, 7) is 3.95. The van der Waals surface area contributed by atoms with Gasteiger partial charge in [0.15, 0.2) is 11.5 Å². The molecule has 0 aliphatic rings. The second-order valence-corrected chi connectivity index (χ2v) is 8.40. The molecule has 196 valence electrons. The molecule has 1 aromatic heterocycles. The first-order chi connectivity index (χ1) is 18.4. The van der Waals surface area contributed by atoms with Gasteiger partial charge in [-0.2, -0.15) is 4.98 Å².